The summed E-state index contributed by atoms with van der Waals surface area (Å²) in [6, 6.07) is 6.55. The molecule has 0 unspecified atom stereocenters. The molecule has 1 saturated heterocycles. The summed E-state index contributed by atoms with van der Waals surface area (Å²) in [6.07, 6.45) is 3.17. The lowest BCUT2D eigenvalue weighted by Gasteiger charge is -2.41. The molecule has 0 saturated carbocycles. The molecule has 0 amide bonds. The molecule has 2 rings (SSSR count). The summed E-state index contributed by atoms with van der Waals surface area (Å²) >= 11 is 1.83. The van der Waals surface area contributed by atoms with Gasteiger partial charge in [-0.25, -0.2) is 4.99 Å². The normalized spacial score (nSPS) is 15.4. The summed E-state index contributed by atoms with van der Waals surface area (Å²) in [7, 11) is 0. The Morgan fingerprint density at radius 2 is 1.93 bits per heavy atom. The van der Waals surface area contributed by atoms with E-state index in [2.05, 4.69) is 40.6 Å². The summed E-state index contributed by atoms with van der Waals surface area (Å²) in [5.74, 6) is 1.87. The van der Waals surface area contributed by atoms with Crippen molar-refractivity contribution in [3.8, 4) is 0 Å². The van der Waals surface area contributed by atoms with Gasteiger partial charge in [-0.05, 0) is 37.8 Å². The number of morpholine rings is 1. The van der Waals surface area contributed by atoms with E-state index in [9.17, 15) is 10.1 Å². The summed E-state index contributed by atoms with van der Waals surface area (Å²) < 4.78 is 5.47. The maximum absolute atomic E-state index is 10.8. The average molecular weight is 551 g/mol. The summed E-state index contributed by atoms with van der Waals surface area (Å²) in [5, 5.41) is 17.7. The van der Waals surface area contributed by atoms with E-state index >= 15 is 0 Å². The first-order valence-corrected chi connectivity index (χ1v) is 11.4. The molecule has 1 aliphatic heterocycles. The molecule has 1 aromatic rings. The van der Waals surface area contributed by atoms with E-state index in [1.165, 1.54) is 12.1 Å². The molecule has 1 fully saturated rings. The first kappa shape index (κ1) is 26.9. The molecular weight excluding hydrogens is 517 g/mol. The van der Waals surface area contributed by atoms with Crippen LogP contribution in [0.1, 0.15) is 25.8 Å². The minimum absolute atomic E-state index is 0. The third-order valence-electron chi connectivity index (χ3n) is 4.94. The Labute approximate surface area is 200 Å². The van der Waals surface area contributed by atoms with Gasteiger partial charge in [0.15, 0.2) is 5.96 Å². The molecule has 0 atom stereocenters. The lowest BCUT2D eigenvalue weighted by Crippen LogP contribution is -2.56. The van der Waals surface area contributed by atoms with Gasteiger partial charge in [-0.1, -0.05) is 12.1 Å². The van der Waals surface area contributed by atoms with Gasteiger partial charge in [-0.3, -0.25) is 15.0 Å². The molecule has 0 aliphatic carbocycles. The number of halogens is 1. The van der Waals surface area contributed by atoms with E-state index in [1.54, 1.807) is 12.1 Å². The Hall–Kier alpha value is -1.11. The highest BCUT2D eigenvalue weighted by molar-refractivity contribution is 14.0. The largest absolute Gasteiger partial charge is 0.379 e. The predicted molar refractivity (Wildman–Crippen MR) is 135 cm³/mol. The highest BCUT2D eigenvalue weighted by atomic mass is 127. The minimum Gasteiger partial charge on any atom is -0.379 e. The minimum atomic E-state index is -0.388. The van der Waals surface area contributed by atoms with Crippen LogP contribution in [-0.4, -0.2) is 72.7 Å². The van der Waals surface area contributed by atoms with Crippen LogP contribution in [0.2, 0.25) is 0 Å². The van der Waals surface area contributed by atoms with E-state index in [0.717, 1.165) is 63.1 Å². The van der Waals surface area contributed by atoms with Gasteiger partial charge in [0.1, 0.15) is 0 Å². The second-order valence-corrected chi connectivity index (χ2v) is 8.61. The molecule has 2 N–H and O–H groups in total. The predicted octanol–water partition coefficient (Wildman–Crippen LogP) is 3.11. The fraction of sp³-hybridized carbons (Fsp3) is 0.650. The van der Waals surface area contributed by atoms with Gasteiger partial charge in [-0.2, -0.15) is 11.8 Å². The smallest absolute Gasteiger partial charge is 0.269 e. The standard InChI is InChI=1S/C20H33N5O3S.HI/c1-20(2,24-10-12-28-13-11-24)16-23-19(21-9-4-14-29-3)22-15-17-5-7-18(8-6-17)25(26)27;/h5-8H,4,9-16H2,1-3H3,(H2,21,22,23);1H. The zero-order chi connectivity index (χ0) is 21.1. The number of nitro groups is 1. The SMILES string of the molecule is CSCCCNC(=NCc1ccc([N+](=O)[O-])cc1)NCC(C)(C)N1CCOCC1.I. The molecule has 0 bridgehead atoms. The molecule has 170 valence electrons. The van der Waals surface area contributed by atoms with E-state index in [-0.39, 0.29) is 40.1 Å². The summed E-state index contributed by atoms with van der Waals surface area (Å²) in [6.45, 7) is 9.96. The van der Waals surface area contributed by atoms with Gasteiger partial charge < -0.3 is 15.4 Å². The number of thioether (sulfide) groups is 1. The molecule has 0 spiro atoms. The van der Waals surface area contributed by atoms with Crippen molar-refractivity contribution in [3.05, 3.63) is 39.9 Å². The first-order chi connectivity index (χ1) is 13.9. The number of guanidine groups is 1. The van der Waals surface area contributed by atoms with Crippen LogP contribution < -0.4 is 10.6 Å². The Bertz CT molecular complexity index is 667. The first-order valence-electron chi connectivity index (χ1n) is 9.99. The van der Waals surface area contributed by atoms with Gasteiger partial charge in [0.05, 0.1) is 24.7 Å². The number of aliphatic imine (C=N–C) groups is 1. The topological polar surface area (TPSA) is 92.0 Å². The number of nitrogens with zero attached hydrogens (tertiary/aromatic N) is 3. The Balaban J connectivity index is 0.00000450. The van der Waals surface area contributed by atoms with Crippen molar-refractivity contribution in [1.82, 2.24) is 15.5 Å². The van der Waals surface area contributed by atoms with Crippen LogP contribution in [0.5, 0.6) is 0 Å². The van der Waals surface area contributed by atoms with Crippen LogP contribution in [0.15, 0.2) is 29.3 Å². The Morgan fingerprint density at radius 1 is 1.27 bits per heavy atom. The molecule has 30 heavy (non-hydrogen) atoms. The van der Waals surface area contributed by atoms with Crippen LogP contribution in [0.3, 0.4) is 0 Å². The molecule has 10 heteroatoms. The lowest BCUT2D eigenvalue weighted by molar-refractivity contribution is -0.384. The summed E-state index contributed by atoms with van der Waals surface area (Å²) in [4.78, 5) is 17.5. The zero-order valence-electron chi connectivity index (χ0n) is 18.1. The molecule has 8 nitrogen and oxygen atoms in total. The number of rotatable bonds is 10. The molecule has 1 aromatic carbocycles. The molecule has 0 aromatic heterocycles. The second-order valence-electron chi connectivity index (χ2n) is 7.63. The van der Waals surface area contributed by atoms with Crippen LogP contribution in [0.25, 0.3) is 0 Å². The van der Waals surface area contributed by atoms with Gasteiger partial charge in [0.2, 0.25) is 0 Å². The monoisotopic (exact) mass is 551 g/mol. The third kappa shape index (κ3) is 9.36. The number of nitrogens with one attached hydrogen (secondary N) is 2. The van der Waals surface area contributed by atoms with Crippen molar-refractivity contribution in [1.29, 1.82) is 0 Å². The van der Waals surface area contributed by atoms with Gasteiger partial charge in [0, 0.05) is 43.9 Å². The van der Waals surface area contributed by atoms with Crippen molar-refractivity contribution in [2.75, 3.05) is 51.4 Å². The highest BCUT2D eigenvalue weighted by Crippen LogP contribution is 2.15. The molecule has 1 aliphatic rings. The van der Waals surface area contributed by atoms with Crippen molar-refractivity contribution < 1.29 is 9.66 Å². The van der Waals surface area contributed by atoms with Crippen LogP contribution in [0.4, 0.5) is 5.69 Å². The van der Waals surface area contributed by atoms with E-state index in [4.69, 9.17) is 4.74 Å². The number of nitro benzene ring substituents is 1. The van der Waals surface area contributed by atoms with Gasteiger partial charge in [0.25, 0.3) is 5.69 Å². The number of ether oxygens (including phenoxy) is 1. The molecule has 0 radical (unpaired) electrons. The Morgan fingerprint density at radius 3 is 2.53 bits per heavy atom. The number of non-ortho nitro benzene ring substituents is 1. The number of hydrogen-bond acceptors (Lipinski definition) is 6. The average Bonchev–Trinajstić information content (AvgIpc) is 2.73. The van der Waals surface area contributed by atoms with Crippen molar-refractivity contribution >= 4 is 47.4 Å². The van der Waals surface area contributed by atoms with Gasteiger partial charge >= 0.3 is 0 Å². The maximum atomic E-state index is 10.8. The highest BCUT2D eigenvalue weighted by Gasteiger charge is 2.28. The van der Waals surface area contributed by atoms with E-state index in [0.29, 0.717) is 6.54 Å². The summed E-state index contributed by atoms with van der Waals surface area (Å²) in [5.41, 5.74) is 1.02. The fourth-order valence-electron chi connectivity index (χ4n) is 3.07. The van der Waals surface area contributed by atoms with Crippen molar-refractivity contribution in [2.24, 2.45) is 4.99 Å². The zero-order valence-corrected chi connectivity index (χ0v) is 21.2. The van der Waals surface area contributed by atoms with Crippen molar-refractivity contribution in [2.45, 2.75) is 32.4 Å². The maximum Gasteiger partial charge on any atom is 0.269 e. The molecular formula is C20H34IN5O3S. The van der Waals surface area contributed by atoms with Gasteiger partial charge in [-0.15, -0.1) is 24.0 Å². The van der Waals surface area contributed by atoms with Crippen LogP contribution >= 0.6 is 35.7 Å². The fourth-order valence-corrected chi connectivity index (χ4v) is 3.50. The quantitative estimate of drug-likeness (QED) is 0.115. The third-order valence-corrected chi connectivity index (χ3v) is 5.64. The number of hydrogen-bond donors (Lipinski definition) is 2. The van der Waals surface area contributed by atoms with Crippen LogP contribution in [0, 0.1) is 10.1 Å². The molecule has 1 heterocycles. The number of benzene rings is 1. The Kier molecular flexibility index (Phi) is 12.6. The van der Waals surface area contributed by atoms with E-state index in [1.807, 2.05) is 11.8 Å². The van der Waals surface area contributed by atoms with E-state index < -0.39 is 0 Å². The van der Waals surface area contributed by atoms with Crippen molar-refractivity contribution in [3.63, 3.8) is 0 Å². The lowest BCUT2D eigenvalue weighted by atomic mass is 10.0. The van der Waals surface area contributed by atoms with Crippen LogP contribution in [-0.2, 0) is 11.3 Å². The second kappa shape index (κ2) is 14.0.